The van der Waals surface area contributed by atoms with Gasteiger partial charge in [-0.2, -0.15) is 0 Å². The van der Waals surface area contributed by atoms with Crippen LogP contribution >= 0.6 is 0 Å². The highest BCUT2D eigenvalue weighted by molar-refractivity contribution is 5.71. The lowest BCUT2D eigenvalue weighted by molar-refractivity contribution is -0.873. The van der Waals surface area contributed by atoms with Crippen LogP contribution < -0.4 is 12.4 Å². The summed E-state index contributed by atoms with van der Waals surface area (Å²) < 4.78 is 5.95. The third kappa shape index (κ3) is 19.4. The molecule has 6 heteroatoms. The van der Waals surface area contributed by atoms with Crippen molar-refractivity contribution >= 4 is 11.9 Å². The van der Waals surface area contributed by atoms with Crippen LogP contribution in [0.15, 0.2) is 0 Å². The quantitative estimate of drug-likeness (QED) is 0.262. The van der Waals surface area contributed by atoms with Gasteiger partial charge in [0.2, 0.25) is 0 Å². The van der Waals surface area contributed by atoms with Gasteiger partial charge in [0.05, 0.1) is 27.6 Å². The number of carbonyl (C=O) groups excluding carboxylic acids is 1. The van der Waals surface area contributed by atoms with Crippen molar-refractivity contribution in [3.8, 4) is 0 Å². The van der Waals surface area contributed by atoms with Crippen molar-refractivity contribution in [2.45, 2.75) is 83.7 Å². The van der Waals surface area contributed by atoms with E-state index in [1.807, 2.05) is 21.1 Å². The van der Waals surface area contributed by atoms with Gasteiger partial charge in [0.15, 0.2) is 6.10 Å². The van der Waals surface area contributed by atoms with Gasteiger partial charge in [-0.1, -0.05) is 58.3 Å². The van der Waals surface area contributed by atoms with Gasteiger partial charge >= 0.3 is 11.9 Å². The van der Waals surface area contributed by atoms with E-state index in [0.29, 0.717) is 17.4 Å². The topological polar surface area (TPSA) is 63.6 Å². The first-order valence-corrected chi connectivity index (χ1v) is 9.46. The molecule has 25 heavy (non-hydrogen) atoms. The van der Waals surface area contributed by atoms with E-state index < -0.39 is 12.1 Å². The van der Waals surface area contributed by atoms with Crippen LogP contribution in [0.25, 0.3) is 0 Å². The van der Waals surface area contributed by atoms with E-state index in [9.17, 15) is 9.59 Å². The van der Waals surface area contributed by atoms with Gasteiger partial charge in [-0.15, -0.1) is 0 Å². The molecule has 0 aliphatic rings. The largest absolute Gasteiger partial charge is 1.00 e. The molecule has 150 valence electrons. The molecule has 0 spiro atoms. The predicted molar refractivity (Wildman–Crippen MR) is 96.9 cm³/mol. The van der Waals surface area contributed by atoms with E-state index in [2.05, 4.69) is 6.92 Å². The smallest absolute Gasteiger partial charge is 0.307 e. The van der Waals surface area contributed by atoms with E-state index >= 15 is 0 Å². The summed E-state index contributed by atoms with van der Waals surface area (Å²) in [5.74, 6) is -1.19. The van der Waals surface area contributed by atoms with Gasteiger partial charge in [0.25, 0.3) is 0 Å². The average Bonchev–Trinajstić information content (AvgIpc) is 2.42. The first-order valence-electron chi connectivity index (χ1n) is 9.46. The Balaban J connectivity index is 0. The molecule has 0 saturated heterocycles. The fraction of sp³-hybridized carbons (Fsp3) is 0.895. The number of esters is 1. The van der Waals surface area contributed by atoms with Crippen LogP contribution in [0.1, 0.15) is 77.6 Å². The summed E-state index contributed by atoms with van der Waals surface area (Å²) in [5.41, 5.74) is 0. The van der Waals surface area contributed by atoms with E-state index in [1.54, 1.807) is 0 Å². The van der Waals surface area contributed by atoms with Gasteiger partial charge in [-0.25, -0.2) is 0 Å². The van der Waals surface area contributed by atoms with E-state index in [0.717, 1.165) is 19.3 Å². The first-order chi connectivity index (χ1) is 11.2. The normalized spacial score (nSPS) is 12.3. The highest BCUT2D eigenvalue weighted by atomic mass is 35.5. The van der Waals surface area contributed by atoms with Gasteiger partial charge in [0.1, 0.15) is 6.54 Å². The minimum absolute atomic E-state index is 0. The second kappa shape index (κ2) is 15.4. The Hall–Kier alpha value is -0.810. The van der Waals surface area contributed by atoms with Crippen molar-refractivity contribution in [1.82, 2.24) is 0 Å². The lowest BCUT2D eigenvalue weighted by atomic mass is 10.1. The molecule has 0 aromatic heterocycles. The number of carboxylic acids is 1. The summed E-state index contributed by atoms with van der Waals surface area (Å²) in [7, 11) is 5.88. The standard InChI is InChI=1S/C19H37NO4.ClH/c1-5-6-7-8-9-10-11-12-13-14-19(23)24-17(15-18(21)22)16-20(2,3)4;/h17H,5-16H2,1-4H3;1H/t17-;/m0./s1. The van der Waals surface area contributed by atoms with Crippen molar-refractivity contribution in [2.75, 3.05) is 27.7 Å². The summed E-state index contributed by atoms with van der Waals surface area (Å²) in [6.45, 7) is 2.73. The van der Waals surface area contributed by atoms with E-state index in [-0.39, 0.29) is 24.8 Å². The fourth-order valence-corrected chi connectivity index (χ4v) is 2.77. The molecule has 0 amide bonds. The number of hydrogen-bond donors (Lipinski definition) is 1. The van der Waals surface area contributed by atoms with Gasteiger partial charge in [-0.05, 0) is 6.42 Å². The Morgan fingerprint density at radius 1 is 0.920 bits per heavy atom. The molecule has 0 radical (unpaired) electrons. The van der Waals surface area contributed by atoms with Crippen LogP contribution in [0, 0.1) is 0 Å². The number of nitrogens with zero attached hydrogens (tertiary/aromatic N) is 1. The Morgan fingerprint density at radius 2 is 1.40 bits per heavy atom. The maximum atomic E-state index is 11.9. The number of halogens is 1. The third-order valence-corrected chi connectivity index (χ3v) is 3.94. The summed E-state index contributed by atoms with van der Waals surface area (Å²) in [5, 5.41) is 8.95. The summed E-state index contributed by atoms with van der Waals surface area (Å²) in [4.78, 5) is 22.8. The molecule has 0 aromatic rings. The summed E-state index contributed by atoms with van der Waals surface area (Å²) in [6.07, 6.45) is 10.5. The number of likely N-dealkylation sites (N-methyl/N-ethyl adjacent to an activating group) is 1. The zero-order valence-corrected chi connectivity index (χ0v) is 17.3. The number of hydrogen-bond acceptors (Lipinski definition) is 3. The number of unbranched alkanes of at least 4 members (excludes halogenated alkanes) is 8. The van der Waals surface area contributed by atoms with Crippen LogP contribution in [-0.2, 0) is 14.3 Å². The fourth-order valence-electron chi connectivity index (χ4n) is 2.77. The number of aliphatic carboxylic acids is 1. The van der Waals surface area contributed by atoms with E-state index in [4.69, 9.17) is 9.84 Å². The molecule has 0 aromatic carbocycles. The Bertz CT molecular complexity index is 356. The number of carboxylic acid groups (broad SMARTS) is 1. The summed E-state index contributed by atoms with van der Waals surface area (Å²) in [6, 6.07) is 0. The Kier molecular flexibility index (Phi) is 16.3. The highest BCUT2D eigenvalue weighted by Gasteiger charge is 2.24. The first kappa shape index (κ1) is 26.4. The van der Waals surface area contributed by atoms with Gasteiger partial charge in [-0.3, -0.25) is 9.59 Å². The molecule has 0 heterocycles. The van der Waals surface area contributed by atoms with Gasteiger partial charge in [0, 0.05) is 6.42 Å². The predicted octanol–water partition coefficient (Wildman–Crippen LogP) is 1.00. The number of quaternary nitrogens is 1. The van der Waals surface area contributed by atoms with E-state index in [1.165, 1.54) is 38.5 Å². The monoisotopic (exact) mass is 379 g/mol. The van der Waals surface area contributed by atoms with Crippen LogP contribution in [0.5, 0.6) is 0 Å². The van der Waals surface area contributed by atoms with Gasteiger partial charge < -0.3 is 26.7 Å². The van der Waals surface area contributed by atoms with Crippen molar-refractivity contribution < 1.29 is 36.3 Å². The zero-order chi connectivity index (χ0) is 18.4. The number of rotatable bonds is 15. The molecule has 0 bridgehead atoms. The molecule has 0 rings (SSSR count). The molecular weight excluding hydrogens is 342 g/mol. The second-order valence-corrected chi connectivity index (χ2v) is 7.76. The lowest BCUT2D eigenvalue weighted by Crippen LogP contribution is -3.00. The maximum Gasteiger partial charge on any atom is 0.307 e. The minimum Gasteiger partial charge on any atom is -1.00 e. The molecule has 0 fully saturated rings. The molecule has 0 aliphatic carbocycles. The molecule has 0 aliphatic heterocycles. The molecular formula is C19H38ClNO4. The Morgan fingerprint density at radius 3 is 1.84 bits per heavy atom. The highest BCUT2D eigenvalue weighted by Crippen LogP contribution is 2.12. The number of ether oxygens (including phenoxy) is 1. The third-order valence-electron chi connectivity index (χ3n) is 3.94. The lowest BCUT2D eigenvalue weighted by Gasteiger charge is -2.28. The average molecular weight is 380 g/mol. The Labute approximate surface area is 160 Å². The van der Waals surface area contributed by atoms with Crippen LogP contribution in [0.3, 0.4) is 0 Å². The number of carbonyl (C=O) groups is 2. The molecule has 1 N–H and O–H groups in total. The SMILES string of the molecule is CCCCCCCCCCCC(=O)O[C@@H](CC(=O)O)C[N+](C)(C)C.[Cl-]. The maximum absolute atomic E-state index is 11.9. The zero-order valence-electron chi connectivity index (χ0n) is 16.6. The molecule has 0 unspecified atom stereocenters. The van der Waals surface area contributed by atoms with Crippen LogP contribution in [0.4, 0.5) is 0 Å². The van der Waals surface area contributed by atoms with Crippen LogP contribution in [-0.4, -0.2) is 55.3 Å². The summed E-state index contributed by atoms with van der Waals surface area (Å²) >= 11 is 0. The second-order valence-electron chi connectivity index (χ2n) is 7.76. The van der Waals surface area contributed by atoms with Crippen molar-refractivity contribution in [3.63, 3.8) is 0 Å². The molecule has 0 saturated carbocycles. The minimum atomic E-state index is -0.927. The van der Waals surface area contributed by atoms with Crippen molar-refractivity contribution in [2.24, 2.45) is 0 Å². The van der Waals surface area contributed by atoms with Crippen LogP contribution in [0.2, 0.25) is 0 Å². The molecule has 5 nitrogen and oxygen atoms in total. The van der Waals surface area contributed by atoms with Crippen molar-refractivity contribution in [1.29, 1.82) is 0 Å². The molecule has 1 atom stereocenters. The van der Waals surface area contributed by atoms with Crippen molar-refractivity contribution in [3.05, 3.63) is 0 Å².